The van der Waals surface area contributed by atoms with Crippen LogP contribution in [0.15, 0.2) is 33.2 Å². The van der Waals surface area contributed by atoms with Gasteiger partial charge in [-0.05, 0) is 18.2 Å². The SMILES string of the molecule is Cn1n[c]cc1-c1ccc(Br)cc1Br. The third-order valence-electron chi connectivity index (χ3n) is 1.96. The Hall–Kier alpha value is -0.610. The van der Waals surface area contributed by atoms with Crippen molar-refractivity contribution in [2.24, 2.45) is 7.05 Å². The molecule has 2 aromatic rings. The average Bonchev–Trinajstić information content (AvgIpc) is 2.52. The molecular weight excluding hydrogens is 308 g/mol. The smallest absolute Gasteiger partial charge is 0.113 e. The van der Waals surface area contributed by atoms with Crippen molar-refractivity contribution < 1.29 is 0 Å². The van der Waals surface area contributed by atoms with Crippen LogP contribution in [-0.4, -0.2) is 9.78 Å². The van der Waals surface area contributed by atoms with Gasteiger partial charge in [-0.15, -0.1) is 0 Å². The van der Waals surface area contributed by atoms with E-state index in [9.17, 15) is 0 Å². The molecule has 0 saturated heterocycles. The fraction of sp³-hybridized carbons (Fsp3) is 0.100. The van der Waals surface area contributed by atoms with E-state index in [2.05, 4.69) is 43.2 Å². The molecule has 0 fully saturated rings. The van der Waals surface area contributed by atoms with E-state index in [-0.39, 0.29) is 0 Å². The Balaban J connectivity index is 2.58. The van der Waals surface area contributed by atoms with Crippen LogP contribution in [0.4, 0.5) is 0 Å². The van der Waals surface area contributed by atoms with Gasteiger partial charge in [-0.3, -0.25) is 4.68 Å². The highest BCUT2D eigenvalue weighted by molar-refractivity contribution is 9.11. The second kappa shape index (κ2) is 3.87. The number of aryl methyl sites for hydroxylation is 1. The van der Waals surface area contributed by atoms with Crippen LogP contribution < -0.4 is 0 Å². The van der Waals surface area contributed by atoms with Gasteiger partial charge in [-0.2, -0.15) is 5.10 Å². The number of aromatic nitrogens is 2. The van der Waals surface area contributed by atoms with Gasteiger partial charge in [0.25, 0.3) is 0 Å². The van der Waals surface area contributed by atoms with Crippen molar-refractivity contribution in [3.8, 4) is 11.3 Å². The lowest BCUT2D eigenvalue weighted by Crippen LogP contribution is -1.93. The Bertz CT molecular complexity index is 463. The zero-order valence-electron chi connectivity index (χ0n) is 7.46. The Kier molecular flexibility index (Phi) is 2.74. The molecule has 0 aliphatic carbocycles. The fourth-order valence-electron chi connectivity index (χ4n) is 1.27. The first-order chi connectivity index (χ1) is 6.68. The molecule has 0 saturated carbocycles. The summed E-state index contributed by atoms with van der Waals surface area (Å²) in [6.07, 6.45) is 2.82. The number of benzene rings is 1. The third-order valence-corrected chi connectivity index (χ3v) is 3.11. The minimum Gasteiger partial charge on any atom is -0.267 e. The van der Waals surface area contributed by atoms with Gasteiger partial charge in [-0.1, -0.05) is 37.9 Å². The van der Waals surface area contributed by atoms with Crippen molar-refractivity contribution in [2.75, 3.05) is 0 Å². The van der Waals surface area contributed by atoms with Crippen molar-refractivity contribution in [1.29, 1.82) is 0 Å². The minimum atomic E-state index is 1.05. The molecule has 1 radical (unpaired) electrons. The maximum Gasteiger partial charge on any atom is 0.113 e. The Morgan fingerprint density at radius 2 is 2.14 bits per heavy atom. The maximum atomic E-state index is 4.02. The van der Waals surface area contributed by atoms with E-state index in [4.69, 9.17) is 0 Å². The van der Waals surface area contributed by atoms with Gasteiger partial charge in [0.05, 0.1) is 5.69 Å². The number of hydrogen-bond donors (Lipinski definition) is 0. The summed E-state index contributed by atoms with van der Waals surface area (Å²) in [5, 5.41) is 4.02. The molecule has 14 heavy (non-hydrogen) atoms. The lowest BCUT2D eigenvalue weighted by Gasteiger charge is -2.04. The van der Waals surface area contributed by atoms with E-state index in [1.807, 2.05) is 31.3 Å². The van der Waals surface area contributed by atoms with Crippen LogP contribution in [-0.2, 0) is 7.05 Å². The summed E-state index contributed by atoms with van der Waals surface area (Å²) in [5.74, 6) is 0. The molecule has 0 bridgehead atoms. The van der Waals surface area contributed by atoms with Crippen molar-refractivity contribution >= 4 is 31.9 Å². The molecule has 0 N–H and O–H groups in total. The summed E-state index contributed by atoms with van der Waals surface area (Å²) in [6.45, 7) is 0. The molecule has 4 heteroatoms. The highest BCUT2D eigenvalue weighted by Crippen LogP contribution is 2.29. The van der Waals surface area contributed by atoms with Gasteiger partial charge in [0.15, 0.2) is 0 Å². The van der Waals surface area contributed by atoms with Gasteiger partial charge >= 0.3 is 0 Å². The molecule has 0 spiro atoms. The Morgan fingerprint density at radius 1 is 1.36 bits per heavy atom. The van der Waals surface area contributed by atoms with Crippen LogP contribution >= 0.6 is 31.9 Å². The monoisotopic (exact) mass is 313 g/mol. The van der Waals surface area contributed by atoms with Crippen LogP contribution in [0.25, 0.3) is 11.3 Å². The van der Waals surface area contributed by atoms with Gasteiger partial charge < -0.3 is 0 Å². The molecule has 0 aliphatic rings. The lowest BCUT2D eigenvalue weighted by molar-refractivity contribution is 0.773. The number of hydrogen-bond acceptors (Lipinski definition) is 1. The summed E-state index contributed by atoms with van der Waals surface area (Å²) in [7, 11) is 1.90. The standard InChI is InChI=1S/C10H7Br2N2/c1-14-10(4-5-13-14)8-3-2-7(11)6-9(8)12/h2-4,6H,1H3. The highest BCUT2D eigenvalue weighted by atomic mass is 79.9. The van der Waals surface area contributed by atoms with E-state index < -0.39 is 0 Å². The average molecular weight is 315 g/mol. The molecule has 0 aliphatic heterocycles. The second-order valence-electron chi connectivity index (χ2n) is 2.91. The van der Waals surface area contributed by atoms with Crippen LogP contribution in [0, 0.1) is 6.20 Å². The summed E-state index contributed by atoms with van der Waals surface area (Å²) >= 11 is 6.94. The van der Waals surface area contributed by atoms with Gasteiger partial charge in [0.2, 0.25) is 0 Å². The molecule has 0 atom stereocenters. The largest absolute Gasteiger partial charge is 0.267 e. The van der Waals surface area contributed by atoms with Crippen molar-refractivity contribution in [1.82, 2.24) is 9.78 Å². The van der Waals surface area contributed by atoms with E-state index in [0.29, 0.717) is 0 Å². The van der Waals surface area contributed by atoms with Crippen LogP contribution in [0.1, 0.15) is 0 Å². The predicted molar refractivity (Wildman–Crippen MR) is 62.9 cm³/mol. The summed E-state index contributed by atoms with van der Waals surface area (Å²) < 4.78 is 3.90. The fourth-order valence-corrected chi connectivity index (χ4v) is 2.52. The number of rotatable bonds is 1. The number of nitrogens with zero attached hydrogens (tertiary/aromatic N) is 2. The maximum absolute atomic E-state index is 4.02. The summed E-state index contributed by atoms with van der Waals surface area (Å²) in [6, 6.07) is 7.93. The van der Waals surface area contributed by atoms with E-state index in [1.54, 1.807) is 4.68 Å². The van der Waals surface area contributed by atoms with Gasteiger partial charge in [0, 0.05) is 21.6 Å². The first-order valence-electron chi connectivity index (χ1n) is 4.04. The molecule has 71 valence electrons. The molecule has 2 nitrogen and oxygen atoms in total. The Morgan fingerprint density at radius 3 is 2.71 bits per heavy atom. The van der Waals surface area contributed by atoms with Crippen molar-refractivity contribution in [3.05, 3.63) is 39.4 Å². The Labute approximate surface area is 99.2 Å². The summed E-state index contributed by atoms with van der Waals surface area (Å²) in [5.41, 5.74) is 2.16. The lowest BCUT2D eigenvalue weighted by atomic mass is 10.1. The van der Waals surface area contributed by atoms with Crippen LogP contribution in [0.3, 0.4) is 0 Å². The minimum absolute atomic E-state index is 1.05. The molecule has 0 unspecified atom stereocenters. The van der Waals surface area contributed by atoms with E-state index >= 15 is 0 Å². The third kappa shape index (κ3) is 1.77. The number of halogens is 2. The quantitative estimate of drug-likeness (QED) is 0.788. The predicted octanol–water partition coefficient (Wildman–Crippen LogP) is 3.41. The first-order valence-corrected chi connectivity index (χ1v) is 5.62. The van der Waals surface area contributed by atoms with Crippen LogP contribution in [0.5, 0.6) is 0 Å². The van der Waals surface area contributed by atoms with Crippen molar-refractivity contribution in [3.63, 3.8) is 0 Å². The first kappa shape index (κ1) is 9.93. The molecule has 1 aromatic carbocycles. The summed E-state index contributed by atoms with van der Waals surface area (Å²) in [4.78, 5) is 0. The highest BCUT2D eigenvalue weighted by Gasteiger charge is 2.06. The molecular formula is C10H7Br2N2. The van der Waals surface area contributed by atoms with Gasteiger partial charge in [0.1, 0.15) is 6.20 Å². The van der Waals surface area contributed by atoms with Crippen LogP contribution in [0.2, 0.25) is 0 Å². The van der Waals surface area contributed by atoms with E-state index in [1.165, 1.54) is 0 Å². The van der Waals surface area contributed by atoms with Gasteiger partial charge in [-0.25, -0.2) is 0 Å². The second-order valence-corrected chi connectivity index (χ2v) is 4.68. The molecule has 1 aromatic heterocycles. The topological polar surface area (TPSA) is 17.8 Å². The molecule has 2 rings (SSSR count). The zero-order chi connectivity index (χ0) is 10.1. The molecule has 0 amide bonds. The zero-order valence-corrected chi connectivity index (χ0v) is 10.6. The van der Waals surface area contributed by atoms with Crippen molar-refractivity contribution in [2.45, 2.75) is 0 Å². The molecule has 1 heterocycles. The normalized spacial score (nSPS) is 10.5. The van der Waals surface area contributed by atoms with E-state index in [0.717, 1.165) is 20.2 Å².